The number of halogens is 1. The molecule has 1 aromatic carbocycles. The van der Waals surface area contributed by atoms with Gasteiger partial charge < -0.3 is 15.2 Å². The monoisotopic (exact) mass is 255 g/mol. The molecule has 0 radical (unpaired) electrons. The van der Waals surface area contributed by atoms with E-state index in [0.29, 0.717) is 29.8 Å². The van der Waals surface area contributed by atoms with Crippen LogP contribution in [0.4, 0.5) is 0 Å². The number of nitrogens with one attached hydrogen (secondary N) is 1. The molecule has 0 aromatic heterocycles. The van der Waals surface area contributed by atoms with E-state index in [2.05, 4.69) is 5.32 Å². The Bertz CT molecular complexity index is 380. The molecule has 1 aliphatic carbocycles. The highest BCUT2D eigenvalue weighted by atomic mass is 35.5. The van der Waals surface area contributed by atoms with E-state index >= 15 is 0 Å². The summed E-state index contributed by atoms with van der Waals surface area (Å²) in [7, 11) is 1.59. The maximum Gasteiger partial charge on any atom is 0.137 e. The second-order valence-electron chi connectivity index (χ2n) is 4.51. The van der Waals surface area contributed by atoms with Gasteiger partial charge in [-0.25, -0.2) is 0 Å². The van der Waals surface area contributed by atoms with Gasteiger partial charge in [0.1, 0.15) is 5.75 Å². The number of benzene rings is 1. The summed E-state index contributed by atoms with van der Waals surface area (Å²) in [6.45, 7) is 0.647. The molecule has 1 fully saturated rings. The Morgan fingerprint density at radius 1 is 1.53 bits per heavy atom. The van der Waals surface area contributed by atoms with Crippen LogP contribution in [0.1, 0.15) is 18.4 Å². The first-order chi connectivity index (χ1) is 8.19. The first kappa shape index (κ1) is 12.7. The molecule has 0 aliphatic heterocycles. The van der Waals surface area contributed by atoms with Gasteiger partial charge in [0, 0.05) is 12.6 Å². The summed E-state index contributed by atoms with van der Waals surface area (Å²) in [5, 5.41) is 13.8. The van der Waals surface area contributed by atoms with E-state index in [9.17, 15) is 5.11 Å². The molecule has 0 spiro atoms. The van der Waals surface area contributed by atoms with E-state index in [1.54, 1.807) is 7.11 Å². The van der Waals surface area contributed by atoms with Crippen LogP contribution in [0.25, 0.3) is 0 Å². The lowest BCUT2D eigenvalue weighted by Crippen LogP contribution is -2.29. The van der Waals surface area contributed by atoms with E-state index in [4.69, 9.17) is 16.3 Å². The highest BCUT2D eigenvalue weighted by molar-refractivity contribution is 6.32. The summed E-state index contributed by atoms with van der Waals surface area (Å²) in [5.41, 5.74) is 1.03. The predicted molar refractivity (Wildman–Crippen MR) is 68.7 cm³/mol. The minimum absolute atomic E-state index is 0.361. The van der Waals surface area contributed by atoms with Gasteiger partial charge in [-0.1, -0.05) is 17.7 Å². The normalized spacial score (nSPS) is 16.9. The summed E-state index contributed by atoms with van der Waals surface area (Å²) in [4.78, 5) is 0. The molecule has 0 bridgehead atoms. The Morgan fingerprint density at radius 3 is 2.88 bits per heavy atom. The molecule has 0 saturated heterocycles. The van der Waals surface area contributed by atoms with Gasteiger partial charge in [0.15, 0.2) is 0 Å². The largest absolute Gasteiger partial charge is 0.495 e. The SMILES string of the molecule is COc1ccc(CC(O)CNC2CC2)cc1Cl. The van der Waals surface area contributed by atoms with Gasteiger partial charge in [0.25, 0.3) is 0 Å². The summed E-state index contributed by atoms with van der Waals surface area (Å²) in [6.07, 6.45) is 2.73. The molecule has 0 amide bonds. The van der Waals surface area contributed by atoms with Crippen molar-refractivity contribution in [1.82, 2.24) is 5.32 Å². The number of rotatable bonds is 6. The summed E-state index contributed by atoms with van der Waals surface area (Å²) in [6, 6.07) is 6.24. The van der Waals surface area contributed by atoms with Gasteiger partial charge >= 0.3 is 0 Å². The molecule has 0 heterocycles. The second kappa shape index (κ2) is 5.71. The van der Waals surface area contributed by atoms with E-state index in [-0.39, 0.29) is 6.10 Å². The van der Waals surface area contributed by atoms with Crippen LogP contribution in [0.5, 0.6) is 5.75 Å². The second-order valence-corrected chi connectivity index (χ2v) is 4.92. The Kier molecular flexibility index (Phi) is 4.26. The van der Waals surface area contributed by atoms with Crippen LogP contribution < -0.4 is 10.1 Å². The Hall–Kier alpha value is -0.770. The van der Waals surface area contributed by atoms with Gasteiger partial charge in [-0.15, -0.1) is 0 Å². The van der Waals surface area contributed by atoms with E-state index in [1.165, 1.54) is 12.8 Å². The average molecular weight is 256 g/mol. The standard InChI is InChI=1S/C13H18ClNO2/c1-17-13-5-2-9(7-12(13)14)6-11(16)8-15-10-3-4-10/h2,5,7,10-11,15-16H,3-4,6,8H2,1H3. The molecule has 2 rings (SSSR count). The molecule has 17 heavy (non-hydrogen) atoms. The summed E-state index contributed by atoms with van der Waals surface area (Å²) >= 11 is 6.03. The topological polar surface area (TPSA) is 41.5 Å². The lowest BCUT2D eigenvalue weighted by molar-refractivity contribution is 0.171. The Balaban J connectivity index is 1.86. The minimum atomic E-state index is -0.361. The molecule has 94 valence electrons. The van der Waals surface area contributed by atoms with Crippen molar-refractivity contribution in [2.45, 2.75) is 31.4 Å². The molecule has 3 nitrogen and oxygen atoms in total. The maximum absolute atomic E-state index is 9.86. The van der Waals surface area contributed by atoms with Crippen LogP contribution in [0.2, 0.25) is 5.02 Å². The minimum Gasteiger partial charge on any atom is -0.495 e. The van der Waals surface area contributed by atoms with Crippen LogP contribution >= 0.6 is 11.6 Å². The van der Waals surface area contributed by atoms with Crippen molar-refractivity contribution in [2.75, 3.05) is 13.7 Å². The molecule has 1 aliphatic rings. The van der Waals surface area contributed by atoms with Gasteiger partial charge in [-0.3, -0.25) is 0 Å². The zero-order chi connectivity index (χ0) is 12.3. The molecule has 1 atom stereocenters. The number of aliphatic hydroxyl groups excluding tert-OH is 1. The van der Waals surface area contributed by atoms with Crippen LogP contribution in [0, 0.1) is 0 Å². The van der Waals surface area contributed by atoms with Gasteiger partial charge in [-0.2, -0.15) is 0 Å². The van der Waals surface area contributed by atoms with Crippen molar-refractivity contribution >= 4 is 11.6 Å². The van der Waals surface area contributed by atoms with Gasteiger partial charge in [0.2, 0.25) is 0 Å². The average Bonchev–Trinajstić information content (AvgIpc) is 3.10. The smallest absolute Gasteiger partial charge is 0.137 e. The number of methoxy groups -OCH3 is 1. The Morgan fingerprint density at radius 2 is 2.29 bits per heavy atom. The highest BCUT2D eigenvalue weighted by Crippen LogP contribution is 2.25. The van der Waals surface area contributed by atoms with Crippen LogP contribution in [-0.4, -0.2) is 30.9 Å². The number of hydrogen-bond donors (Lipinski definition) is 2. The van der Waals surface area contributed by atoms with Crippen molar-refractivity contribution in [2.24, 2.45) is 0 Å². The van der Waals surface area contributed by atoms with Crippen LogP contribution in [0.3, 0.4) is 0 Å². The molecule has 1 unspecified atom stereocenters. The van der Waals surface area contributed by atoms with Crippen molar-refractivity contribution in [3.63, 3.8) is 0 Å². The lowest BCUT2D eigenvalue weighted by atomic mass is 10.1. The van der Waals surface area contributed by atoms with Crippen molar-refractivity contribution < 1.29 is 9.84 Å². The maximum atomic E-state index is 9.86. The fraction of sp³-hybridized carbons (Fsp3) is 0.538. The third-order valence-corrected chi connectivity index (χ3v) is 3.20. The summed E-state index contributed by atoms with van der Waals surface area (Å²) < 4.78 is 5.09. The van der Waals surface area contributed by atoms with Crippen LogP contribution in [-0.2, 0) is 6.42 Å². The van der Waals surface area contributed by atoms with Gasteiger partial charge in [-0.05, 0) is 37.0 Å². The van der Waals surface area contributed by atoms with Crippen LogP contribution in [0.15, 0.2) is 18.2 Å². The molecule has 2 N–H and O–H groups in total. The number of hydrogen-bond acceptors (Lipinski definition) is 3. The van der Waals surface area contributed by atoms with Gasteiger partial charge in [0.05, 0.1) is 18.2 Å². The van der Waals surface area contributed by atoms with Crippen molar-refractivity contribution in [3.8, 4) is 5.75 Å². The molecular formula is C13H18ClNO2. The molecule has 1 saturated carbocycles. The number of aliphatic hydroxyl groups is 1. The van der Waals surface area contributed by atoms with E-state index in [0.717, 1.165) is 5.56 Å². The first-order valence-electron chi connectivity index (χ1n) is 5.93. The van der Waals surface area contributed by atoms with Crippen molar-refractivity contribution in [1.29, 1.82) is 0 Å². The molecule has 1 aromatic rings. The first-order valence-corrected chi connectivity index (χ1v) is 6.30. The highest BCUT2D eigenvalue weighted by Gasteiger charge is 2.21. The molecular weight excluding hydrogens is 238 g/mol. The summed E-state index contributed by atoms with van der Waals surface area (Å²) in [5.74, 6) is 0.668. The van der Waals surface area contributed by atoms with Crippen molar-refractivity contribution in [3.05, 3.63) is 28.8 Å². The fourth-order valence-corrected chi connectivity index (χ4v) is 2.05. The molecule has 4 heteroatoms. The zero-order valence-corrected chi connectivity index (χ0v) is 10.7. The third kappa shape index (κ3) is 3.87. The quantitative estimate of drug-likeness (QED) is 0.817. The third-order valence-electron chi connectivity index (χ3n) is 2.91. The van der Waals surface area contributed by atoms with E-state index in [1.807, 2.05) is 18.2 Å². The lowest BCUT2D eigenvalue weighted by Gasteiger charge is -2.12. The Labute approximate surface area is 107 Å². The van der Waals surface area contributed by atoms with E-state index < -0.39 is 0 Å². The predicted octanol–water partition coefficient (Wildman–Crippen LogP) is 2.00. The number of ether oxygens (including phenoxy) is 1. The zero-order valence-electron chi connectivity index (χ0n) is 9.95. The fourth-order valence-electron chi connectivity index (χ4n) is 1.77.